The molecule has 0 aliphatic heterocycles. The number of carbonyl (C=O) groups excluding carboxylic acids is 2. The van der Waals surface area contributed by atoms with Crippen molar-refractivity contribution < 1.29 is 22.4 Å². The number of benzene rings is 1. The van der Waals surface area contributed by atoms with Crippen LogP contribution in [0.3, 0.4) is 0 Å². The molecule has 2 amide bonds. The van der Waals surface area contributed by atoms with Gasteiger partial charge in [-0.25, -0.2) is 8.42 Å². The van der Waals surface area contributed by atoms with E-state index in [4.69, 9.17) is 16.0 Å². The van der Waals surface area contributed by atoms with Crippen LogP contribution in [-0.4, -0.2) is 33.3 Å². The molecule has 2 N–H and O–H groups in total. The summed E-state index contributed by atoms with van der Waals surface area (Å²) in [6, 6.07) is 8.76. The Kier molecular flexibility index (Phi) is 7.44. The molecule has 1 aromatic carbocycles. The Morgan fingerprint density at radius 3 is 2.37 bits per heavy atom. The van der Waals surface area contributed by atoms with E-state index in [0.717, 1.165) is 12.8 Å². The molecule has 146 valence electrons. The van der Waals surface area contributed by atoms with E-state index in [1.807, 2.05) is 6.92 Å². The third kappa shape index (κ3) is 5.58. The highest BCUT2D eigenvalue weighted by Gasteiger charge is 2.32. The fraction of sp³-hybridized carbons (Fsp3) is 0.333. The standard InChI is InChI=1S/C18H21ClN2O5S/c1-2-3-10-20-17(22)18(23)21-12-16(15-5-4-11-26-15)27(24,25)14-8-6-13(19)7-9-14/h4-9,11,16H,2-3,10,12H2,1H3,(H,20,22)(H,21,23). The molecule has 0 aliphatic carbocycles. The minimum atomic E-state index is -3.88. The summed E-state index contributed by atoms with van der Waals surface area (Å²) in [7, 11) is -3.88. The summed E-state index contributed by atoms with van der Waals surface area (Å²) in [5.41, 5.74) is 0. The van der Waals surface area contributed by atoms with Crippen LogP contribution in [0.5, 0.6) is 0 Å². The Labute approximate surface area is 163 Å². The van der Waals surface area contributed by atoms with Crippen molar-refractivity contribution in [2.75, 3.05) is 13.1 Å². The Balaban J connectivity index is 2.15. The summed E-state index contributed by atoms with van der Waals surface area (Å²) in [5.74, 6) is -1.53. The van der Waals surface area contributed by atoms with Crippen LogP contribution < -0.4 is 10.6 Å². The predicted octanol–water partition coefficient (Wildman–Crippen LogP) is 2.48. The smallest absolute Gasteiger partial charge is 0.309 e. The van der Waals surface area contributed by atoms with Crippen molar-refractivity contribution in [2.24, 2.45) is 0 Å². The van der Waals surface area contributed by atoms with Crippen molar-refractivity contribution in [2.45, 2.75) is 29.9 Å². The van der Waals surface area contributed by atoms with Crippen LogP contribution in [0.4, 0.5) is 0 Å². The predicted molar refractivity (Wildman–Crippen MR) is 101 cm³/mol. The second kappa shape index (κ2) is 9.57. The average molecular weight is 413 g/mol. The van der Waals surface area contributed by atoms with Crippen LogP contribution in [0.2, 0.25) is 5.02 Å². The molecule has 0 saturated heterocycles. The van der Waals surface area contributed by atoms with Crippen molar-refractivity contribution in [3.63, 3.8) is 0 Å². The molecule has 0 aliphatic rings. The molecule has 9 heteroatoms. The lowest BCUT2D eigenvalue weighted by Gasteiger charge is -2.16. The average Bonchev–Trinajstić information content (AvgIpc) is 3.16. The van der Waals surface area contributed by atoms with Gasteiger partial charge in [-0.2, -0.15) is 0 Å². The van der Waals surface area contributed by atoms with Crippen molar-refractivity contribution in [1.82, 2.24) is 10.6 Å². The molecule has 27 heavy (non-hydrogen) atoms. The van der Waals surface area contributed by atoms with Crippen LogP contribution in [0.1, 0.15) is 30.8 Å². The van der Waals surface area contributed by atoms with Crippen LogP contribution >= 0.6 is 11.6 Å². The van der Waals surface area contributed by atoms with E-state index in [9.17, 15) is 18.0 Å². The first-order valence-corrected chi connectivity index (χ1v) is 10.4. The fourth-order valence-corrected chi connectivity index (χ4v) is 4.06. The van der Waals surface area contributed by atoms with Crippen molar-refractivity contribution in [3.05, 3.63) is 53.4 Å². The maximum absolute atomic E-state index is 13.0. The first kappa shape index (κ1) is 21.0. The minimum Gasteiger partial charge on any atom is -0.468 e. The normalized spacial score (nSPS) is 12.4. The fourth-order valence-electron chi connectivity index (χ4n) is 2.35. The number of hydrogen-bond acceptors (Lipinski definition) is 5. The van der Waals surface area contributed by atoms with Crippen molar-refractivity contribution in [1.29, 1.82) is 0 Å². The van der Waals surface area contributed by atoms with Crippen LogP contribution in [0, 0.1) is 0 Å². The molecule has 2 aromatic rings. The molecule has 1 heterocycles. The molecule has 7 nitrogen and oxygen atoms in total. The number of sulfone groups is 1. The number of amides is 2. The third-order valence-electron chi connectivity index (χ3n) is 3.85. The lowest BCUT2D eigenvalue weighted by Crippen LogP contribution is -2.42. The molecule has 1 atom stereocenters. The zero-order valence-electron chi connectivity index (χ0n) is 14.8. The number of nitrogens with one attached hydrogen (secondary N) is 2. The number of unbranched alkanes of at least 4 members (excludes halogenated alkanes) is 1. The zero-order valence-corrected chi connectivity index (χ0v) is 16.3. The summed E-state index contributed by atoms with van der Waals surface area (Å²) < 4.78 is 31.2. The largest absolute Gasteiger partial charge is 0.468 e. The molecule has 0 bridgehead atoms. The monoisotopic (exact) mass is 412 g/mol. The summed E-state index contributed by atoms with van der Waals surface area (Å²) in [5, 5.41) is 4.07. The highest BCUT2D eigenvalue weighted by Crippen LogP contribution is 2.29. The second-order valence-electron chi connectivity index (χ2n) is 5.82. The van der Waals surface area contributed by atoms with E-state index >= 15 is 0 Å². The molecular weight excluding hydrogens is 392 g/mol. The summed E-state index contributed by atoms with van der Waals surface area (Å²) in [6.07, 6.45) is 2.97. The summed E-state index contributed by atoms with van der Waals surface area (Å²) in [6.45, 7) is 2.04. The van der Waals surface area contributed by atoms with Crippen LogP contribution in [0.15, 0.2) is 52.0 Å². The summed E-state index contributed by atoms with van der Waals surface area (Å²) in [4.78, 5) is 23.8. The van der Waals surface area contributed by atoms with Crippen LogP contribution in [-0.2, 0) is 19.4 Å². The first-order valence-electron chi connectivity index (χ1n) is 8.45. The van der Waals surface area contributed by atoms with Gasteiger partial charge < -0.3 is 15.1 Å². The summed E-state index contributed by atoms with van der Waals surface area (Å²) >= 11 is 5.82. The van der Waals surface area contributed by atoms with Gasteiger partial charge in [-0.3, -0.25) is 9.59 Å². The van der Waals surface area contributed by atoms with Gasteiger partial charge in [0.2, 0.25) is 0 Å². The van der Waals surface area contributed by atoms with Gasteiger partial charge in [0, 0.05) is 18.1 Å². The van der Waals surface area contributed by atoms with E-state index in [2.05, 4.69) is 10.6 Å². The number of hydrogen-bond donors (Lipinski definition) is 2. The van der Waals surface area contributed by atoms with E-state index in [1.54, 1.807) is 6.07 Å². The highest BCUT2D eigenvalue weighted by atomic mass is 35.5. The molecule has 1 unspecified atom stereocenters. The van der Waals surface area contributed by atoms with E-state index in [-0.39, 0.29) is 17.2 Å². The molecular formula is C18H21ClN2O5S. The lowest BCUT2D eigenvalue weighted by molar-refractivity contribution is -0.139. The number of rotatable bonds is 8. The third-order valence-corrected chi connectivity index (χ3v) is 6.18. The first-order chi connectivity index (χ1) is 12.9. The zero-order chi connectivity index (χ0) is 19.9. The van der Waals surface area contributed by atoms with Gasteiger partial charge in [-0.1, -0.05) is 24.9 Å². The van der Waals surface area contributed by atoms with Crippen molar-refractivity contribution in [3.8, 4) is 0 Å². The quantitative estimate of drug-likeness (QED) is 0.511. The molecule has 0 radical (unpaired) electrons. The van der Waals surface area contributed by atoms with E-state index < -0.39 is 26.9 Å². The van der Waals surface area contributed by atoms with Gasteiger partial charge in [0.15, 0.2) is 9.84 Å². The van der Waals surface area contributed by atoms with Gasteiger partial charge in [0.1, 0.15) is 11.0 Å². The SMILES string of the molecule is CCCCNC(=O)C(=O)NCC(c1ccco1)S(=O)(=O)c1ccc(Cl)cc1. The van der Waals surface area contributed by atoms with E-state index in [0.29, 0.717) is 11.6 Å². The van der Waals surface area contributed by atoms with E-state index in [1.165, 1.54) is 36.6 Å². The number of furan rings is 1. The lowest BCUT2D eigenvalue weighted by atomic mass is 10.3. The number of carbonyl (C=O) groups is 2. The molecule has 0 fully saturated rings. The van der Waals surface area contributed by atoms with Gasteiger partial charge in [0.05, 0.1) is 11.2 Å². The Hall–Kier alpha value is -2.32. The van der Waals surface area contributed by atoms with Gasteiger partial charge in [-0.05, 0) is 42.8 Å². The number of halogens is 1. The van der Waals surface area contributed by atoms with Gasteiger partial charge >= 0.3 is 11.8 Å². The Morgan fingerprint density at radius 2 is 1.78 bits per heavy atom. The minimum absolute atomic E-state index is 0.0370. The topological polar surface area (TPSA) is 105 Å². The molecule has 1 aromatic heterocycles. The maximum Gasteiger partial charge on any atom is 0.309 e. The Bertz CT molecular complexity index is 864. The second-order valence-corrected chi connectivity index (χ2v) is 8.39. The Morgan fingerprint density at radius 1 is 1.11 bits per heavy atom. The molecule has 0 spiro atoms. The van der Waals surface area contributed by atoms with Crippen molar-refractivity contribution >= 4 is 33.3 Å². The molecule has 0 saturated carbocycles. The van der Waals surface area contributed by atoms with Gasteiger partial charge in [0.25, 0.3) is 0 Å². The molecule has 2 rings (SSSR count). The maximum atomic E-state index is 13.0. The van der Waals surface area contributed by atoms with Crippen LogP contribution in [0.25, 0.3) is 0 Å². The highest BCUT2D eigenvalue weighted by molar-refractivity contribution is 7.91. The van der Waals surface area contributed by atoms with Gasteiger partial charge in [-0.15, -0.1) is 0 Å².